The van der Waals surface area contributed by atoms with Crippen LogP contribution >= 0.6 is 11.8 Å². The fraction of sp³-hybridized carbons (Fsp3) is 0.0833. The van der Waals surface area contributed by atoms with Crippen molar-refractivity contribution in [2.45, 2.75) is 10.8 Å². The van der Waals surface area contributed by atoms with Crippen molar-refractivity contribution in [3.05, 3.63) is 53.7 Å². The van der Waals surface area contributed by atoms with Crippen molar-refractivity contribution < 1.29 is 4.39 Å². The number of nitrogen functional groups attached to an aromatic ring is 1. The average molecular weight is 262 g/mol. The third-order valence-electron chi connectivity index (χ3n) is 2.19. The zero-order chi connectivity index (χ0) is 13.0. The van der Waals surface area contributed by atoms with Crippen LogP contribution in [-0.2, 0) is 5.75 Å². The Morgan fingerprint density at radius 3 is 2.83 bits per heavy atom. The van der Waals surface area contributed by atoms with E-state index in [0.717, 1.165) is 10.6 Å². The van der Waals surface area contributed by atoms with Crippen LogP contribution in [0.2, 0.25) is 0 Å². The van der Waals surface area contributed by atoms with Gasteiger partial charge in [0, 0.05) is 23.7 Å². The molecule has 2 rings (SSSR count). The van der Waals surface area contributed by atoms with Gasteiger partial charge in [0.05, 0.1) is 6.20 Å². The Morgan fingerprint density at radius 1 is 1.33 bits per heavy atom. The van der Waals surface area contributed by atoms with Gasteiger partial charge in [-0.1, -0.05) is 0 Å². The van der Waals surface area contributed by atoms with Gasteiger partial charge in [0.2, 0.25) is 0 Å². The lowest BCUT2D eigenvalue weighted by Gasteiger charge is -2.04. The number of nitrogens with zero attached hydrogens (tertiary/aromatic N) is 2. The highest BCUT2D eigenvalue weighted by Gasteiger charge is 2.04. The minimum atomic E-state index is -0.391. The van der Waals surface area contributed by atoms with Gasteiger partial charge in [-0.15, -0.1) is 11.8 Å². The van der Waals surface area contributed by atoms with Gasteiger partial charge in [0.1, 0.15) is 16.7 Å². The summed E-state index contributed by atoms with van der Waals surface area (Å²) in [7, 11) is 0. The lowest BCUT2D eigenvalue weighted by molar-refractivity contribution is 0.626. The number of benzene rings is 1. The number of hydrogen-bond donors (Lipinski definition) is 2. The van der Waals surface area contributed by atoms with Gasteiger partial charge in [-0.2, -0.15) is 0 Å². The third-order valence-corrected chi connectivity index (χ3v) is 3.18. The summed E-state index contributed by atoms with van der Waals surface area (Å²) in [6, 6.07) is 4.38. The van der Waals surface area contributed by atoms with E-state index in [1.165, 1.54) is 23.9 Å². The highest BCUT2D eigenvalue weighted by molar-refractivity contribution is 7.98. The van der Waals surface area contributed by atoms with Crippen molar-refractivity contribution in [3.8, 4) is 0 Å². The molecule has 18 heavy (non-hydrogen) atoms. The second-order valence-corrected chi connectivity index (χ2v) is 4.59. The van der Waals surface area contributed by atoms with Crippen molar-refractivity contribution >= 4 is 17.6 Å². The number of nitrogens with one attached hydrogen (secondary N) is 1. The Labute approximate surface area is 108 Å². The van der Waals surface area contributed by atoms with Gasteiger partial charge >= 0.3 is 0 Å². The fourth-order valence-electron chi connectivity index (χ4n) is 1.41. The third kappa shape index (κ3) is 3.27. The van der Waals surface area contributed by atoms with Crippen molar-refractivity contribution in [2.75, 3.05) is 0 Å². The van der Waals surface area contributed by atoms with E-state index in [0.29, 0.717) is 11.3 Å². The summed E-state index contributed by atoms with van der Waals surface area (Å²) in [6.07, 6.45) is 4.85. The van der Waals surface area contributed by atoms with E-state index in [2.05, 4.69) is 9.97 Å². The number of halogens is 1. The number of aromatic nitrogens is 2. The van der Waals surface area contributed by atoms with Crippen molar-refractivity contribution in [1.82, 2.24) is 9.97 Å². The summed E-state index contributed by atoms with van der Waals surface area (Å²) in [5, 5.41) is 8.08. The van der Waals surface area contributed by atoms with Crippen LogP contribution in [0.3, 0.4) is 0 Å². The van der Waals surface area contributed by atoms with Gasteiger partial charge in [-0.05, 0) is 23.8 Å². The number of thioether (sulfide) groups is 1. The number of amidine groups is 1. The SMILES string of the molecule is N=C(N)c1cc(F)cc(CSc2cnccn2)c1. The van der Waals surface area contributed by atoms with Crippen LogP contribution in [0.5, 0.6) is 0 Å². The number of rotatable bonds is 4. The lowest BCUT2D eigenvalue weighted by atomic mass is 10.1. The van der Waals surface area contributed by atoms with E-state index >= 15 is 0 Å². The lowest BCUT2D eigenvalue weighted by Crippen LogP contribution is -2.11. The Hall–Kier alpha value is -1.95. The molecule has 0 aliphatic carbocycles. The largest absolute Gasteiger partial charge is 0.384 e. The zero-order valence-electron chi connectivity index (χ0n) is 9.43. The van der Waals surface area contributed by atoms with Crippen LogP contribution in [0.15, 0.2) is 41.8 Å². The molecule has 0 fully saturated rings. The van der Waals surface area contributed by atoms with Crippen LogP contribution in [0.1, 0.15) is 11.1 Å². The molecular formula is C12H11FN4S. The fourth-order valence-corrected chi connectivity index (χ4v) is 2.16. The Bertz CT molecular complexity index is 559. The van der Waals surface area contributed by atoms with Crippen LogP contribution in [0.4, 0.5) is 4.39 Å². The molecule has 0 saturated heterocycles. The molecule has 0 aliphatic heterocycles. The van der Waals surface area contributed by atoms with Crippen LogP contribution in [0, 0.1) is 11.2 Å². The number of nitrogens with two attached hydrogens (primary N) is 1. The second-order valence-electron chi connectivity index (χ2n) is 3.59. The summed E-state index contributed by atoms with van der Waals surface area (Å²) >= 11 is 1.45. The molecule has 0 unspecified atom stereocenters. The summed E-state index contributed by atoms with van der Waals surface area (Å²) in [4.78, 5) is 8.06. The quantitative estimate of drug-likeness (QED) is 0.503. The molecule has 3 N–H and O–H groups in total. The zero-order valence-corrected chi connectivity index (χ0v) is 10.2. The monoisotopic (exact) mass is 262 g/mol. The molecule has 1 aromatic heterocycles. The van der Waals surface area contributed by atoms with E-state index in [9.17, 15) is 4.39 Å². The molecule has 6 heteroatoms. The Kier molecular flexibility index (Phi) is 3.88. The molecule has 4 nitrogen and oxygen atoms in total. The van der Waals surface area contributed by atoms with Crippen molar-refractivity contribution in [1.29, 1.82) is 5.41 Å². The number of hydrogen-bond acceptors (Lipinski definition) is 4. The van der Waals surface area contributed by atoms with Crippen molar-refractivity contribution in [2.24, 2.45) is 5.73 Å². The normalized spacial score (nSPS) is 10.3. The topological polar surface area (TPSA) is 75.7 Å². The van der Waals surface area contributed by atoms with E-state index < -0.39 is 5.82 Å². The van der Waals surface area contributed by atoms with Gasteiger partial charge in [-0.3, -0.25) is 10.4 Å². The summed E-state index contributed by atoms with van der Waals surface area (Å²) in [5.41, 5.74) is 6.50. The highest BCUT2D eigenvalue weighted by Crippen LogP contribution is 2.21. The Balaban J connectivity index is 2.12. The Morgan fingerprint density at radius 2 is 2.17 bits per heavy atom. The first-order valence-corrected chi connectivity index (χ1v) is 6.16. The van der Waals surface area contributed by atoms with Crippen molar-refractivity contribution in [3.63, 3.8) is 0 Å². The van der Waals surface area contributed by atoms with Gasteiger partial charge in [0.25, 0.3) is 0 Å². The maximum absolute atomic E-state index is 13.3. The molecular weight excluding hydrogens is 251 g/mol. The molecule has 1 aromatic carbocycles. The molecule has 0 saturated carbocycles. The summed E-state index contributed by atoms with van der Waals surface area (Å²) in [5.74, 6) is 0.0224. The molecule has 0 radical (unpaired) electrons. The van der Waals surface area contributed by atoms with E-state index in [4.69, 9.17) is 11.1 Å². The first kappa shape index (κ1) is 12.5. The van der Waals surface area contributed by atoms with Crippen LogP contribution in [0.25, 0.3) is 0 Å². The maximum Gasteiger partial charge on any atom is 0.124 e. The summed E-state index contributed by atoms with van der Waals surface area (Å²) in [6.45, 7) is 0. The standard InChI is InChI=1S/C12H11FN4S/c13-10-4-8(3-9(5-10)12(14)15)7-18-11-6-16-1-2-17-11/h1-6H,7H2,(H3,14,15). The van der Waals surface area contributed by atoms with E-state index in [1.54, 1.807) is 24.7 Å². The van der Waals surface area contributed by atoms with Gasteiger partial charge in [-0.25, -0.2) is 9.37 Å². The molecule has 0 atom stereocenters. The predicted octanol–water partition coefficient (Wildman–Crippen LogP) is 2.19. The molecule has 0 spiro atoms. The molecule has 1 heterocycles. The van der Waals surface area contributed by atoms with Gasteiger partial charge in [0.15, 0.2) is 0 Å². The predicted molar refractivity (Wildman–Crippen MR) is 69.0 cm³/mol. The first-order chi connectivity index (χ1) is 8.65. The molecule has 0 bridgehead atoms. The maximum atomic E-state index is 13.3. The molecule has 0 aliphatic rings. The van der Waals surface area contributed by atoms with E-state index in [-0.39, 0.29) is 5.84 Å². The molecule has 92 valence electrons. The molecule has 0 amide bonds. The smallest absolute Gasteiger partial charge is 0.124 e. The first-order valence-electron chi connectivity index (χ1n) is 5.18. The van der Waals surface area contributed by atoms with Crippen LogP contribution in [-0.4, -0.2) is 15.8 Å². The average Bonchev–Trinajstić information content (AvgIpc) is 2.37. The van der Waals surface area contributed by atoms with E-state index in [1.807, 2.05) is 0 Å². The van der Waals surface area contributed by atoms with Crippen LogP contribution < -0.4 is 5.73 Å². The minimum Gasteiger partial charge on any atom is -0.384 e. The minimum absolute atomic E-state index is 0.139. The highest BCUT2D eigenvalue weighted by atomic mass is 32.2. The second kappa shape index (κ2) is 5.59. The molecule has 2 aromatic rings. The summed E-state index contributed by atoms with van der Waals surface area (Å²) < 4.78 is 13.3. The van der Waals surface area contributed by atoms with Gasteiger partial charge < -0.3 is 5.73 Å².